The number of likely N-dealkylation sites (tertiary alicyclic amines) is 1. The lowest BCUT2D eigenvalue weighted by atomic mass is 9.92. The molecular formula is C31H34F3N7O. The fourth-order valence-corrected chi connectivity index (χ4v) is 5.52. The Hall–Kier alpha value is -4.12. The van der Waals surface area contributed by atoms with Crippen molar-refractivity contribution in [2.75, 3.05) is 38.5 Å². The minimum atomic E-state index is -2.28. The van der Waals surface area contributed by atoms with E-state index in [4.69, 9.17) is 0 Å². The lowest BCUT2D eigenvalue weighted by Gasteiger charge is -2.31. The highest BCUT2D eigenvalue weighted by Crippen LogP contribution is 2.28. The molecule has 4 heterocycles. The average Bonchev–Trinajstić information content (AvgIpc) is 3.00. The third kappa shape index (κ3) is 6.84. The summed E-state index contributed by atoms with van der Waals surface area (Å²) in [5.41, 5.74) is 4.04. The number of hydrogen-bond donors (Lipinski definition) is 2. The molecule has 42 heavy (non-hydrogen) atoms. The molecule has 1 aliphatic rings. The first-order chi connectivity index (χ1) is 20.3. The van der Waals surface area contributed by atoms with Gasteiger partial charge in [-0.15, -0.1) is 0 Å². The number of fused-ring (bicyclic) bond motifs is 1. The summed E-state index contributed by atoms with van der Waals surface area (Å²) >= 11 is 0. The fraction of sp³-hybridized carbons (Fsp3) is 0.387. The molecule has 8 nitrogen and oxygen atoms in total. The maximum Gasteiger partial charge on any atom is 0.254 e. The van der Waals surface area contributed by atoms with Gasteiger partial charge in [-0.1, -0.05) is 25.1 Å². The number of nitrogens with one attached hydrogen (secondary N) is 2. The number of para-hydroxylation sites is 1. The van der Waals surface area contributed by atoms with Crippen molar-refractivity contribution in [2.24, 2.45) is 5.92 Å². The number of nitrogens with zero attached hydrogens (tertiary/aromatic N) is 5. The van der Waals surface area contributed by atoms with Crippen molar-refractivity contribution in [2.45, 2.75) is 38.5 Å². The number of aromatic nitrogens is 4. The van der Waals surface area contributed by atoms with Gasteiger partial charge in [-0.3, -0.25) is 19.7 Å². The van der Waals surface area contributed by atoms with Crippen molar-refractivity contribution in [1.29, 1.82) is 0 Å². The molecule has 1 atom stereocenters. The van der Waals surface area contributed by atoms with Gasteiger partial charge in [0, 0.05) is 48.4 Å². The molecule has 0 radical (unpaired) electrons. The minimum Gasteiger partial charge on any atom is -0.369 e. The van der Waals surface area contributed by atoms with Gasteiger partial charge in [0.25, 0.3) is 12.3 Å². The summed E-state index contributed by atoms with van der Waals surface area (Å²) in [5, 5.41) is 6.32. The quantitative estimate of drug-likeness (QED) is 0.263. The zero-order valence-electron chi connectivity index (χ0n) is 23.7. The van der Waals surface area contributed by atoms with E-state index in [0.29, 0.717) is 42.3 Å². The first-order valence-corrected chi connectivity index (χ1v) is 14.1. The van der Waals surface area contributed by atoms with Gasteiger partial charge < -0.3 is 10.6 Å². The van der Waals surface area contributed by atoms with Crippen LogP contribution in [0.15, 0.2) is 55.1 Å². The van der Waals surface area contributed by atoms with E-state index in [1.807, 2.05) is 36.1 Å². The number of rotatable bonds is 10. The number of carbonyl (C=O) groups is 1. The Bertz CT molecular complexity index is 1530. The van der Waals surface area contributed by atoms with E-state index in [9.17, 15) is 18.0 Å². The Morgan fingerprint density at radius 3 is 2.60 bits per heavy atom. The van der Waals surface area contributed by atoms with Crippen LogP contribution in [-0.2, 0) is 6.42 Å². The summed E-state index contributed by atoms with van der Waals surface area (Å²) < 4.78 is 39.7. The Kier molecular flexibility index (Phi) is 9.26. The van der Waals surface area contributed by atoms with Gasteiger partial charge in [-0.25, -0.2) is 23.1 Å². The van der Waals surface area contributed by atoms with Crippen LogP contribution in [0.25, 0.3) is 22.2 Å². The van der Waals surface area contributed by atoms with Gasteiger partial charge in [0.1, 0.15) is 12.1 Å². The van der Waals surface area contributed by atoms with Gasteiger partial charge in [0.05, 0.1) is 29.5 Å². The summed E-state index contributed by atoms with van der Waals surface area (Å²) in [4.78, 5) is 31.9. The number of carbonyl (C=O) groups excluding carboxylic acids is 1. The first kappa shape index (κ1) is 29.4. The third-order valence-electron chi connectivity index (χ3n) is 7.85. The van der Waals surface area contributed by atoms with Crippen LogP contribution < -0.4 is 10.6 Å². The molecule has 0 spiro atoms. The zero-order valence-corrected chi connectivity index (χ0v) is 23.7. The number of piperidine rings is 1. The summed E-state index contributed by atoms with van der Waals surface area (Å²) in [6.45, 7) is 3.82. The summed E-state index contributed by atoms with van der Waals surface area (Å²) in [6, 6.07) is 11.3. The number of hydrogen-bond acceptors (Lipinski definition) is 7. The van der Waals surface area contributed by atoms with Crippen molar-refractivity contribution in [1.82, 2.24) is 30.2 Å². The number of amides is 1. The minimum absolute atomic E-state index is 0.0140. The van der Waals surface area contributed by atoms with Gasteiger partial charge in [-0.05, 0) is 56.0 Å². The summed E-state index contributed by atoms with van der Waals surface area (Å²) in [7, 11) is 1.47. The molecule has 0 bridgehead atoms. The lowest BCUT2D eigenvalue weighted by molar-refractivity contribution is 0.0690. The molecule has 1 unspecified atom stereocenters. The van der Waals surface area contributed by atoms with E-state index in [0.717, 1.165) is 48.0 Å². The van der Waals surface area contributed by atoms with Crippen LogP contribution in [0.4, 0.5) is 19.0 Å². The van der Waals surface area contributed by atoms with Crippen LogP contribution >= 0.6 is 0 Å². The van der Waals surface area contributed by atoms with E-state index in [-0.39, 0.29) is 18.0 Å². The molecule has 1 amide bonds. The largest absolute Gasteiger partial charge is 0.369 e. The van der Waals surface area contributed by atoms with Crippen LogP contribution in [0.3, 0.4) is 0 Å². The van der Waals surface area contributed by atoms with Crippen molar-refractivity contribution in [3.05, 3.63) is 77.8 Å². The standard InChI is InChI=1S/C31H34F3N7O/c1-19(23-4-3-5-24-29(31(42)35-2)25(32)16-38-30(23)24)14-37-28-13-26(39-18-40-28)21-6-7-22(36-15-21)12-20-8-10-41(11-9-20)17-27(33)34/h3-7,13,15-16,18-20,27H,8-12,14,17H2,1-2H3,(H,35,42)(H,37,39,40). The molecule has 11 heteroatoms. The topological polar surface area (TPSA) is 95.9 Å². The Balaban J connectivity index is 1.22. The number of pyridine rings is 2. The van der Waals surface area contributed by atoms with Gasteiger partial charge in [0.15, 0.2) is 5.82 Å². The highest BCUT2D eigenvalue weighted by atomic mass is 19.3. The number of halogens is 3. The first-order valence-electron chi connectivity index (χ1n) is 14.1. The van der Waals surface area contributed by atoms with Crippen LogP contribution in [0, 0.1) is 11.7 Å². The molecule has 1 saturated heterocycles. The molecule has 2 N–H and O–H groups in total. The van der Waals surface area contributed by atoms with E-state index in [1.165, 1.54) is 13.4 Å². The molecule has 4 aromatic rings. The van der Waals surface area contributed by atoms with Crippen LogP contribution in [0.5, 0.6) is 0 Å². The van der Waals surface area contributed by atoms with Crippen LogP contribution in [0.2, 0.25) is 0 Å². The second-order valence-electron chi connectivity index (χ2n) is 10.8. The van der Waals surface area contributed by atoms with Crippen LogP contribution in [-0.4, -0.2) is 70.4 Å². The normalized spacial score (nSPS) is 15.2. The number of anilines is 1. The van der Waals surface area contributed by atoms with Crippen molar-refractivity contribution in [3.63, 3.8) is 0 Å². The van der Waals surface area contributed by atoms with Crippen molar-refractivity contribution in [3.8, 4) is 11.3 Å². The molecular weight excluding hydrogens is 543 g/mol. The predicted octanol–water partition coefficient (Wildman–Crippen LogP) is 5.32. The van der Waals surface area contributed by atoms with Gasteiger partial charge >= 0.3 is 0 Å². The van der Waals surface area contributed by atoms with Gasteiger partial charge in [0.2, 0.25) is 0 Å². The molecule has 1 aliphatic heterocycles. The second-order valence-corrected chi connectivity index (χ2v) is 10.8. The van der Waals surface area contributed by atoms with E-state index in [2.05, 4.69) is 30.6 Å². The third-order valence-corrected chi connectivity index (χ3v) is 7.85. The Labute approximate surface area is 242 Å². The second kappa shape index (κ2) is 13.2. The molecule has 0 saturated carbocycles. The monoisotopic (exact) mass is 577 g/mol. The Morgan fingerprint density at radius 1 is 1.07 bits per heavy atom. The maximum atomic E-state index is 14.4. The summed E-state index contributed by atoms with van der Waals surface area (Å²) in [6.07, 6.45) is 4.74. The predicted molar refractivity (Wildman–Crippen MR) is 156 cm³/mol. The van der Waals surface area contributed by atoms with Gasteiger partial charge in [-0.2, -0.15) is 0 Å². The highest BCUT2D eigenvalue weighted by molar-refractivity contribution is 6.06. The fourth-order valence-electron chi connectivity index (χ4n) is 5.52. The molecule has 1 fully saturated rings. The van der Waals surface area contributed by atoms with Crippen molar-refractivity contribution < 1.29 is 18.0 Å². The molecule has 1 aromatic carbocycles. The molecule has 0 aliphatic carbocycles. The van der Waals surface area contributed by atoms with Crippen LogP contribution in [0.1, 0.15) is 47.3 Å². The molecule has 3 aromatic heterocycles. The number of alkyl halides is 2. The zero-order chi connectivity index (χ0) is 29.6. The maximum absolute atomic E-state index is 14.4. The smallest absolute Gasteiger partial charge is 0.254 e. The van der Waals surface area contributed by atoms with E-state index in [1.54, 1.807) is 18.3 Å². The SMILES string of the molecule is CNC(=O)c1c(F)cnc2c(C(C)CNc3cc(-c4ccc(CC5CCN(CC(F)F)CC5)nc4)ncn3)cccc12. The average molecular weight is 578 g/mol. The highest BCUT2D eigenvalue weighted by Gasteiger charge is 2.22. The van der Waals surface area contributed by atoms with E-state index >= 15 is 0 Å². The van der Waals surface area contributed by atoms with Crippen molar-refractivity contribution >= 4 is 22.6 Å². The molecule has 5 rings (SSSR count). The molecule has 220 valence electrons. The lowest BCUT2D eigenvalue weighted by Crippen LogP contribution is -2.37. The Morgan fingerprint density at radius 2 is 1.88 bits per heavy atom. The summed E-state index contributed by atoms with van der Waals surface area (Å²) in [5.74, 6) is -0.0800. The van der Waals surface area contributed by atoms with E-state index < -0.39 is 18.1 Å². The number of benzene rings is 1.